The number of rotatable bonds is 4. The number of benzene rings is 1. The molecule has 0 saturated carbocycles. The largest absolute Gasteiger partial charge is 0.456 e. The molecule has 0 fully saturated rings. The summed E-state index contributed by atoms with van der Waals surface area (Å²) in [7, 11) is 0. The second-order valence-electron chi connectivity index (χ2n) is 7.17. The number of anilines is 2. The summed E-state index contributed by atoms with van der Waals surface area (Å²) in [6.07, 6.45) is 1.65. The summed E-state index contributed by atoms with van der Waals surface area (Å²) < 4.78 is 10.9. The molecular formula is C20H22N4O3. The number of pyridine rings is 1. The Kier molecular flexibility index (Phi) is 5.12. The van der Waals surface area contributed by atoms with Gasteiger partial charge < -0.3 is 14.6 Å². The molecule has 0 unspecified atom stereocenters. The molecule has 7 nitrogen and oxygen atoms in total. The summed E-state index contributed by atoms with van der Waals surface area (Å²) in [6, 6.07) is 12.1. The van der Waals surface area contributed by atoms with Crippen molar-refractivity contribution >= 4 is 17.6 Å². The molecule has 0 saturated heterocycles. The third kappa shape index (κ3) is 5.07. The van der Waals surface area contributed by atoms with Gasteiger partial charge in [0.25, 0.3) is 0 Å². The van der Waals surface area contributed by atoms with Crippen LogP contribution in [0.3, 0.4) is 0 Å². The zero-order valence-corrected chi connectivity index (χ0v) is 15.7. The molecule has 2 N–H and O–H groups in total. The second-order valence-corrected chi connectivity index (χ2v) is 7.17. The van der Waals surface area contributed by atoms with Gasteiger partial charge in [0.05, 0.1) is 11.9 Å². The van der Waals surface area contributed by atoms with Gasteiger partial charge in [0.15, 0.2) is 0 Å². The fraction of sp³-hybridized carbons (Fsp3) is 0.250. The van der Waals surface area contributed by atoms with Gasteiger partial charge >= 0.3 is 6.03 Å². The Bertz CT molecular complexity index is 927. The molecule has 0 aliphatic carbocycles. The molecule has 0 aliphatic heterocycles. The smallest absolute Gasteiger partial charge is 0.326 e. The maximum Gasteiger partial charge on any atom is 0.326 e. The SMILES string of the molecule is Cc1ccc(Oc2cccc(NC(=O)Nc3cc(C(C)(C)C)no3)c2)cn1. The number of carbonyl (C=O) groups is 1. The number of nitrogens with zero attached hydrogens (tertiary/aromatic N) is 2. The van der Waals surface area contributed by atoms with E-state index in [0.29, 0.717) is 17.2 Å². The van der Waals surface area contributed by atoms with E-state index in [4.69, 9.17) is 9.26 Å². The van der Waals surface area contributed by atoms with Crippen LogP contribution in [0.15, 0.2) is 53.2 Å². The monoisotopic (exact) mass is 366 g/mol. The third-order valence-corrected chi connectivity index (χ3v) is 3.73. The van der Waals surface area contributed by atoms with Crippen LogP contribution in [0.4, 0.5) is 16.4 Å². The van der Waals surface area contributed by atoms with Gasteiger partial charge in [-0.2, -0.15) is 0 Å². The van der Waals surface area contributed by atoms with E-state index in [-0.39, 0.29) is 11.3 Å². The van der Waals surface area contributed by atoms with Gasteiger partial charge in [-0.1, -0.05) is 32.0 Å². The number of aromatic nitrogens is 2. The molecule has 3 aromatic rings. The van der Waals surface area contributed by atoms with E-state index in [2.05, 4.69) is 20.8 Å². The minimum absolute atomic E-state index is 0.156. The van der Waals surface area contributed by atoms with Gasteiger partial charge in [0.1, 0.15) is 11.5 Å². The van der Waals surface area contributed by atoms with Crippen molar-refractivity contribution in [3.8, 4) is 11.5 Å². The van der Waals surface area contributed by atoms with Gasteiger partial charge in [-0.3, -0.25) is 10.3 Å². The Morgan fingerprint density at radius 1 is 1.07 bits per heavy atom. The van der Waals surface area contributed by atoms with Crippen molar-refractivity contribution in [2.45, 2.75) is 33.1 Å². The summed E-state index contributed by atoms with van der Waals surface area (Å²) in [5.41, 5.74) is 2.10. The Morgan fingerprint density at radius 2 is 1.89 bits per heavy atom. The predicted molar refractivity (Wildman–Crippen MR) is 103 cm³/mol. The van der Waals surface area contributed by atoms with E-state index >= 15 is 0 Å². The standard InChI is InChI=1S/C20H22N4O3/c1-13-8-9-16(12-21-13)26-15-7-5-6-14(10-15)22-19(25)23-18-11-17(24-27-18)20(2,3)4/h5-12H,1-4H3,(H2,22,23,25). The molecule has 3 rings (SSSR count). The van der Waals surface area contributed by atoms with Crippen molar-refractivity contribution in [1.82, 2.24) is 10.1 Å². The topological polar surface area (TPSA) is 89.3 Å². The normalized spacial score (nSPS) is 11.1. The molecule has 7 heteroatoms. The van der Waals surface area contributed by atoms with Gasteiger partial charge in [-0.05, 0) is 31.2 Å². The Morgan fingerprint density at radius 3 is 2.56 bits per heavy atom. The van der Waals surface area contributed by atoms with Crippen molar-refractivity contribution < 1.29 is 14.1 Å². The van der Waals surface area contributed by atoms with Gasteiger partial charge in [0.2, 0.25) is 5.88 Å². The highest BCUT2D eigenvalue weighted by Gasteiger charge is 2.19. The number of hydrogen-bond acceptors (Lipinski definition) is 5. The number of aryl methyl sites for hydroxylation is 1. The number of amides is 2. The van der Waals surface area contributed by atoms with Crippen LogP contribution in [0.5, 0.6) is 11.5 Å². The van der Waals surface area contributed by atoms with E-state index in [1.54, 1.807) is 36.5 Å². The average molecular weight is 366 g/mol. The molecule has 2 heterocycles. The third-order valence-electron chi connectivity index (χ3n) is 3.73. The molecule has 0 bridgehead atoms. The molecular weight excluding hydrogens is 344 g/mol. The van der Waals surface area contributed by atoms with Crippen LogP contribution in [0.2, 0.25) is 0 Å². The highest BCUT2D eigenvalue weighted by Crippen LogP contribution is 2.25. The maximum absolute atomic E-state index is 12.2. The number of carbonyl (C=O) groups excluding carboxylic acids is 1. The van der Waals surface area contributed by atoms with Crippen LogP contribution < -0.4 is 15.4 Å². The van der Waals surface area contributed by atoms with E-state index in [1.807, 2.05) is 39.8 Å². The lowest BCUT2D eigenvalue weighted by Gasteiger charge is -2.12. The fourth-order valence-corrected chi connectivity index (χ4v) is 2.25. The van der Waals surface area contributed by atoms with Crippen molar-refractivity contribution in [3.63, 3.8) is 0 Å². The van der Waals surface area contributed by atoms with E-state index < -0.39 is 6.03 Å². The summed E-state index contributed by atoms with van der Waals surface area (Å²) in [6.45, 7) is 7.96. The predicted octanol–water partition coefficient (Wildman–Crippen LogP) is 5.11. The maximum atomic E-state index is 12.2. The van der Waals surface area contributed by atoms with E-state index in [0.717, 1.165) is 11.4 Å². The molecule has 27 heavy (non-hydrogen) atoms. The van der Waals surface area contributed by atoms with Crippen LogP contribution in [0.25, 0.3) is 0 Å². The molecule has 1 aromatic carbocycles. The molecule has 140 valence electrons. The van der Waals surface area contributed by atoms with Crippen molar-refractivity contribution in [3.05, 3.63) is 60.0 Å². The van der Waals surface area contributed by atoms with Crippen molar-refractivity contribution in [2.24, 2.45) is 0 Å². The average Bonchev–Trinajstić information content (AvgIpc) is 3.06. The van der Waals surface area contributed by atoms with Crippen molar-refractivity contribution in [1.29, 1.82) is 0 Å². The van der Waals surface area contributed by atoms with Gasteiger partial charge in [0, 0.05) is 28.9 Å². The molecule has 2 amide bonds. The molecule has 0 spiro atoms. The number of hydrogen-bond donors (Lipinski definition) is 2. The first kappa shape index (κ1) is 18.4. The highest BCUT2D eigenvalue weighted by atomic mass is 16.5. The fourth-order valence-electron chi connectivity index (χ4n) is 2.25. The number of ether oxygens (including phenoxy) is 1. The van der Waals surface area contributed by atoms with Crippen LogP contribution in [-0.4, -0.2) is 16.2 Å². The number of urea groups is 1. The highest BCUT2D eigenvalue weighted by molar-refractivity contribution is 5.99. The lowest BCUT2D eigenvalue weighted by atomic mass is 9.92. The summed E-state index contributed by atoms with van der Waals surface area (Å²) in [5, 5.41) is 9.34. The van der Waals surface area contributed by atoms with E-state index in [9.17, 15) is 4.79 Å². The van der Waals surface area contributed by atoms with Crippen molar-refractivity contribution in [2.75, 3.05) is 10.6 Å². The minimum atomic E-state index is -0.430. The van der Waals surface area contributed by atoms with Crippen LogP contribution >= 0.6 is 0 Å². The number of nitrogens with one attached hydrogen (secondary N) is 2. The van der Waals surface area contributed by atoms with Gasteiger partial charge in [-0.25, -0.2) is 4.79 Å². The van der Waals surface area contributed by atoms with Crippen LogP contribution in [-0.2, 0) is 5.41 Å². The second kappa shape index (κ2) is 7.49. The summed E-state index contributed by atoms with van der Waals surface area (Å²) in [4.78, 5) is 16.4. The van der Waals surface area contributed by atoms with E-state index in [1.165, 1.54) is 0 Å². The Labute approximate surface area is 157 Å². The zero-order valence-electron chi connectivity index (χ0n) is 15.7. The Hall–Kier alpha value is -3.35. The first-order valence-corrected chi connectivity index (χ1v) is 8.55. The van der Waals surface area contributed by atoms with Crippen LogP contribution in [0.1, 0.15) is 32.2 Å². The summed E-state index contributed by atoms with van der Waals surface area (Å²) >= 11 is 0. The first-order valence-electron chi connectivity index (χ1n) is 8.55. The molecule has 0 atom stereocenters. The zero-order chi connectivity index (χ0) is 19.4. The molecule has 2 aromatic heterocycles. The van der Waals surface area contributed by atoms with Crippen LogP contribution in [0, 0.1) is 6.92 Å². The first-order chi connectivity index (χ1) is 12.8. The summed E-state index contributed by atoms with van der Waals surface area (Å²) in [5.74, 6) is 1.50. The Balaban J connectivity index is 1.62. The lowest BCUT2D eigenvalue weighted by Crippen LogP contribution is -2.19. The quantitative estimate of drug-likeness (QED) is 0.669. The lowest BCUT2D eigenvalue weighted by molar-refractivity contribution is 0.261. The minimum Gasteiger partial charge on any atom is -0.456 e. The molecule has 0 aliphatic rings. The van der Waals surface area contributed by atoms with Gasteiger partial charge in [-0.15, -0.1) is 0 Å². The molecule has 0 radical (unpaired) electrons.